The van der Waals surface area contributed by atoms with Gasteiger partial charge in [0.25, 0.3) is 0 Å². The molecular weight excluding hydrogens is 412 g/mol. The molecule has 10 heteroatoms. The van der Waals surface area contributed by atoms with Crippen molar-refractivity contribution in [1.29, 1.82) is 0 Å². The van der Waals surface area contributed by atoms with Crippen molar-refractivity contribution in [2.45, 2.75) is 18.0 Å². The van der Waals surface area contributed by atoms with Gasteiger partial charge in [0.15, 0.2) is 0 Å². The Morgan fingerprint density at radius 3 is 2.83 bits per heavy atom. The Hall–Kier alpha value is -2.69. The molecule has 1 fully saturated rings. The maximum Gasteiger partial charge on any atom is 0.355 e. The summed E-state index contributed by atoms with van der Waals surface area (Å²) in [4.78, 5) is 26.7. The van der Waals surface area contributed by atoms with Crippen LogP contribution in [0, 0.1) is 0 Å². The lowest BCUT2D eigenvalue weighted by atomic mass is 10.0. The average Bonchev–Trinajstić information content (AvgIpc) is 3.28. The van der Waals surface area contributed by atoms with Crippen LogP contribution in [-0.2, 0) is 20.9 Å². The smallest absolute Gasteiger partial charge is 0.355 e. The number of methoxy groups -OCH3 is 1. The molecule has 2 aliphatic heterocycles. The molecule has 29 heavy (non-hydrogen) atoms. The van der Waals surface area contributed by atoms with Crippen LogP contribution in [0.15, 0.2) is 47.0 Å². The Morgan fingerprint density at radius 2 is 2.14 bits per heavy atom. The van der Waals surface area contributed by atoms with E-state index in [9.17, 15) is 9.59 Å². The molecule has 1 aromatic carbocycles. The van der Waals surface area contributed by atoms with Crippen LogP contribution in [0.4, 0.5) is 0 Å². The second kappa shape index (κ2) is 8.36. The van der Waals surface area contributed by atoms with Crippen molar-refractivity contribution in [3.63, 3.8) is 0 Å². The highest BCUT2D eigenvalue weighted by Gasteiger charge is 2.51. The number of β-lactam (4-membered cyclic amide) rings is 1. The summed E-state index contributed by atoms with van der Waals surface area (Å²) < 4.78 is 14.4. The first kappa shape index (κ1) is 19.6. The number of carbonyl (C=O) groups excluding carboxylic acids is 2. The van der Waals surface area contributed by atoms with Gasteiger partial charge in [-0.15, -0.1) is 16.9 Å². The molecule has 1 unspecified atom stereocenters. The van der Waals surface area contributed by atoms with E-state index in [4.69, 9.17) is 15.2 Å². The van der Waals surface area contributed by atoms with E-state index >= 15 is 0 Å². The molecule has 1 saturated heterocycles. The van der Waals surface area contributed by atoms with Crippen molar-refractivity contribution in [1.82, 2.24) is 14.5 Å². The Labute approximate surface area is 175 Å². The minimum absolute atomic E-state index is 0.0885. The molecule has 150 valence electrons. The van der Waals surface area contributed by atoms with Gasteiger partial charge < -0.3 is 15.2 Å². The molecule has 3 heterocycles. The van der Waals surface area contributed by atoms with Gasteiger partial charge in [0.1, 0.15) is 29.5 Å². The predicted octanol–water partition coefficient (Wildman–Crippen LogP) is 1.80. The third-order valence-electron chi connectivity index (χ3n) is 4.59. The Balaban J connectivity index is 1.56. The highest BCUT2D eigenvalue weighted by Crippen LogP contribution is 2.40. The third-order valence-corrected chi connectivity index (χ3v) is 6.44. The molecule has 0 saturated carbocycles. The Bertz CT molecular complexity index is 973. The van der Waals surface area contributed by atoms with Gasteiger partial charge in [-0.2, -0.15) is 0 Å². The average molecular weight is 431 g/mol. The molecule has 2 aromatic rings. The minimum atomic E-state index is -0.599. The fraction of sp³-hybridized carbons (Fsp3) is 0.263. The van der Waals surface area contributed by atoms with Crippen molar-refractivity contribution >= 4 is 41.2 Å². The number of fused-ring (bicyclic) bond motifs is 1. The van der Waals surface area contributed by atoms with E-state index in [-0.39, 0.29) is 23.6 Å². The van der Waals surface area contributed by atoms with Crippen molar-refractivity contribution in [3.05, 3.63) is 58.2 Å². The molecule has 1 aromatic heterocycles. The van der Waals surface area contributed by atoms with Crippen LogP contribution in [0.2, 0.25) is 0 Å². The van der Waals surface area contributed by atoms with Gasteiger partial charge in [-0.3, -0.25) is 9.69 Å². The van der Waals surface area contributed by atoms with Crippen LogP contribution >= 0.6 is 23.3 Å². The lowest BCUT2D eigenvalue weighted by Crippen LogP contribution is -2.68. The summed E-state index contributed by atoms with van der Waals surface area (Å²) in [7, 11) is 1.59. The number of carbonyl (C=O) groups is 2. The number of rotatable bonds is 6. The molecule has 0 spiro atoms. The summed E-state index contributed by atoms with van der Waals surface area (Å²) in [6.07, 6.45) is 3.54. The standard InChI is InChI=1S/C19H18N4O4S2/c1-26-14-6-2-11(3-7-14)8-27-19(25)16-12(4-5-13-10-29-22-21-13)9-28-18-15(20)17(24)23(16)18/h2-7,10,15,18H,8-9,20H2,1H3/b5-4-/t15?,18-/m0/s1. The van der Waals surface area contributed by atoms with E-state index in [2.05, 4.69) is 9.59 Å². The monoisotopic (exact) mass is 430 g/mol. The second-order valence-electron chi connectivity index (χ2n) is 6.40. The highest BCUT2D eigenvalue weighted by atomic mass is 32.2. The normalized spacial score (nSPS) is 21.2. The number of thioether (sulfide) groups is 1. The van der Waals surface area contributed by atoms with Gasteiger partial charge in [0.05, 0.1) is 12.8 Å². The van der Waals surface area contributed by atoms with Gasteiger partial charge in [-0.1, -0.05) is 22.7 Å². The van der Waals surface area contributed by atoms with Crippen molar-refractivity contribution in [2.75, 3.05) is 12.9 Å². The molecule has 2 aliphatic rings. The molecule has 4 rings (SSSR count). The number of esters is 1. The Morgan fingerprint density at radius 1 is 1.34 bits per heavy atom. The first-order valence-electron chi connectivity index (χ1n) is 8.77. The van der Waals surface area contributed by atoms with E-state index in [1.54, 1.807) is 36.8 Å². The summed E-state index contributed by atoms with van der Waals surface area (Å²) in [5.41, 5.74) is 8.34. The van der Waals surface area contributed by atoms with Crippen molar-refractivity contribution in [3.8, 4) is 5.75 Å². The molecule has 2 N–H and O–H groups in total. The van der Waals surface area contributed by atoms with E-state index in [0.717, 1.165) is 11.3 Å². The zero-order valence-corrected chi connectivity index (χ0v) is 17.1. The lowest BCUT2D eigenvalue weighted by molar-refractivity contribution is -0.151. The topological polar surface area (TPSA) is 108 Å². The predicted molar refractivity (Wildman–Crippen MR) is 110 cm³/mol. The summed E-state index contributed by atoms with van der Waals surface area (Å²) >= 11 is 2.76. The number of ether oxygens (including phenoxy) is 2. The summed E-state index contributed by atoms with van der Waals surface area (Å²) in [6, 6.07) is 6.63. The van der Waals surface area contributed by atoms with E-state index in [1.165, 1.54) is 28.2 Å². The number of hydrogen-bond acceptors (Lipinski definition) is 9. The molecule has 0 aliphatic carbocycles. The van der Waals surface area contributed by atoms with Crippen LogP contribution in [0.1, 0.15) is 11.3 Å². The summed E-state index contributed by atoms with van der Waals surface area (Å²) in [6.45, 7) is 0.0885. The summed E-state index contributed by atoms with van der Waals surface area (Å²) in [5, 5.41) is 5.51. The van der Waals surface area contributed by atoms with Crippen LogP contribution in [0.25, 0.3) is 6.08 Å². The second-order valence-corrected chi connectivity index (χ2v) is 8.11. The van der Waals surface area contributed by atoms with Crippen LogP contribution in [0.5, 0.6) is 5.75 Å². The van der Waals surface area contributed by atoms with Crippen LogP contribution < -0.4 is 10.5 Å². The van der Waals surface area contributed by atoms with Gasteiger partial charge in [0.2, 0.25) is 5.91 Å². The number of allylic oxidation sites excluding steroid dienone is 1. The number of hydrogen-bond donors (Lipinski definition) is 1. The number of amides is 1. The fourth-order valence-corrected chi connectivity index (χ4v) is 4.71. The fourth-order valence-electron chi connectivity index (χ4n) is 3.03. The Kier molecular flexibility index (Phi) is 5.65. The first-order chi connectivity index (χ1) is 14.1. The molecule has 1 amide bonds. The number of nitrogens with two attached hydrogens (primary N) is 1. The third kappa shape index (κ3) is 3.91. The minimum Gasteiger partial charge on any atom is -0.497 e. The zero-order valence-electron chi connectivity index (χ0n) is 15.5. The largest absolute Gasteiger partial charge is 0.497 e. The molecule has 0 bridgehead atoms. The van der Waals surface area contributed by atoms with Gasteiger partial charge >= 0.3 is 5.97 Å². The molecule has 2 atom stereocenters. The zero-order chi connectivity index (χ0) is 20.4. The maximum absolute atomic E-state index is 12.9. The van der Waals surface area contributed by atoms with E-state index in [0.29, 0.717) is 17.0 Å². The maximum atomic E-state index is 12.9. The molecule has 8 nitrogen and oxygen atoms in total. The highest BCUT2D eigenvalue weighted by molar-refractivity contribution is 8.00. The van der Waals surface area contributed by atoms with Crippen molar-refractivity contribution in [2.24, 2.45) is 5.73 Å². The number of aromatic nitrogens is 2. The van der Waals surface area contributed by atoms with E-state index in [1.807, 2.05) is 12.1 Å². The van der Waals surface area contributed by atoms with Gasteiger partial charge in [-0.25, -0.2) is 4.79 Å². The number of benzene rings is 1. The summed E-state index contributed by atoms with van der Waals surface area (Å²) in [5.74, 6) is 0.435. The quantitative estimate of drug-likeness (QED) is 0.546. The van der Waals surface area contributed by atoms with Crippen LogP contribution in [0.3, 0.4) is 0 Å². The number of nitrogens with zero attached hydrogens (tertiary/aromatic N) is 3. The molecular formula is C19H18N4O4S2. The van der Waals surface area contributed by atoms with Crippen LogP contribution in [-0.4, -0.2) is 50.6 Å². The van der Waals surface area contributed by atoms with Gasteiger partial charge in [0, 0.05) is 11.1 Å². The van der Waals surface area contributed by atoms with Gasteiger partial charge in [-0.05, 0) is 40.9 Å². The van der Waals surface area contributed by atoms with E-state index < -0.39 is 12.0 Å². The SMILES string of the molecule is COc1ccc(COC(=O)C2=C(/C=C\c3csnn3)CS[C@H]3C(N)C(=O)N23)cc1. The lowest BCUT2D eigenvalue weighted by Gasteiger charge is -2.48. The molecule has 0 radical (unpaired) electrons. The van der Waals surface area contributed by atoms with Crippen molar-refractivity contribution < 1.29 is 19.1 Å². The first-order valence-corrected chi connectivity index (χ1v) is 10.7.